The summed E-state index contributed by atoms with van der Waals surface area (Å²) in [5.74, 6) is 0.00420. The smallest absolute Gasteiger partial charge is 0.318 e. The average molecular weight is 329 g/mol. The van der Waals surface area contributed by atoms with E-state index >= 15 is 0 Å². The summed E-state index contributed by atoms with van der Waals surface area (Å²) in [5, 5.41) is 6.09. The van der Waals surface area contributed by atoms with E-state index in [-0.39, 0.29) is 24.0 Å². The number of amides is 3. The van der Waals surface area contributed by atoms with Gasteiger partial charge >= 0.3 is 6.03 Å². The Morgan fingerprint density at radius 3 is 2.67 bits per heavy atom. The van der Waals surface area contributed by atoms with Crippen molar-refractivity contribution >= 4 is 11.9 Å². The van der Waals surface area contributed by atoms with Crippen molar-refractivity contribution in [3.05, 3.63) is 34.9 Å². The predicted octanol–water partition coefficient (Wildman–Crippen LogP) is 2.82. The molecule has 1 heterocycles. The number of rotatable bonds is 4. The molecule has 1 aliphatic carbocycles. The van der Waals surface area contributed by atoms with Gasteiger partial charge in [0.2, 0.25) is 5.91 Å². The van der Waals surface area contributed by atoms with Crippen LogP contribution in [0.3, 0.4) is 0 Å². The molecule has 2 aliphatic rings. The van der Waals surface area contributed by atoms with Crippen LogP contribution in [0.2, 0.25) is 0 Å². The molecule has 0 spiro atoms. The molecule has 1 aliphatic heterocycles. The predicted molar refractivity (Wildman–Crippen MR) is 93.8 cm³/mol. The molecule has 2 fully saturated rings. The van der Waals surface area contributed by atoms with E-state index in [1.165, 1.54) is 11.1 Å². The zero-order valence-corrected chi connectivity index (χ0v) is 14.8. The molecule has 3 amide bonds. The van der Waals surface area contributed by atoms with E-state index in [0.717, 1.165) is 31.2 Å². The van der Waals surface area contributed by atoms with Gasteiger partial charge in [-0.2, -0.15) is 0 Å². The van der Waals surface area contributed by atoms with E-state index in [1.54, 1.807) is 4.90 Å². The van der Waals surface area contributed by atoms with Gasteiger partial charge in [0, 0.05) is 12.6 Å². The summed E-state index contributed by atoms with van der Waals surface area (Å²) in [7, 11) is 0. The fraction of sp³-hybridized carbons (Fsp3) is 0.579. The summed E-state index contributed by atoms with van der Waals surface area (Å²) in [6.45, 7) is 6.80. The van der Waals surface area contributed by atoms with Crippen LogP contribution < -0.4 is 10.6 Å². The molecule has 2 atom stereocenters. The van der Waals surface area contributed by atoms with E-state index in [9.17, 15) is 9.59 Å². The van der Waals surface area contributed by atoms with E-state index in [2.05, 4.69) is 36.6 Å². The second-order valence-corrected chi connectivity index (χ2v) is 7.09. The summed E-state index contributed by atoms with van der Waals surface area (Å²) in [4.78, 5) is 26.7. The van der Waals surface area contributed by atoms with Crippen LogP contribution in [0.1, 0.15) is 55.3 Å². The molecule has 1 aromatic rings. The Morgan fingerprint density at radius 1 is 1.21 bits per heavy atom. The Hall–Kier alpha value is -2.04. The Kier molecular flexibility index (Phi) is 4.78. The molecule has 2 unspecified atom stereocenters. The average Bonchev–Trinajstić information content (AvgIpc) is 3.21. The number of benzene rings is 1. The molecule has 1 saturated carbocycles. The lowest BCUT2D eigenvalue weighted by atomic mass is 9.98. The zero-order valence-electron chi connectivity index (χ0n) is 14.8. The number of urea groups is 1. The largest absolute Gasteiger partial charge is 0.352 e. The van der Waals surface area contributed by atoms with Gasteiger partial charge in [0.15, 0.2) is 0 Å². The second-order valence-electron chi connectivity index (χ2n) is 7.09. The summed E-state index contributed by atoms with van der Waals surface area (Å²) in [6, 6.07) is 5.93. The monoisotopic (exact) mass is 329 g/mol. The van der Waals surface area contributed by atoms with Crippen molar-refractivity contribution in [1.29, 1.82) is 0 Å². The van der Waals surface area contributed by atoms with E-state index in [4.69, 9.17) is 0 Å². The van der Waals surface area contributed by atoms with Crippen molar-refractivity contribution in [2.24, 2.45) is 0 Å². The van der Waals surface area contributed by atoms with Crippen LogP contribution in [0.25, 0.3) is 0 Å². The van der Waals surface area contributed by atoms with Gasteiger partial charge in [-0.05, 0) is 63.1 Å². The maximum atomic E-state index is 12.7. The Labute approximate surface area is 143 Å². The first-order valence-electron chi connectivity index (χ1n) is 8.91. The molecule has 5 heteroatoms. The van der Waals surface area contributed by atoms with Gasteiger partial charge < -0.3 is 15.5 Å². The molecular formula is C19H27N3O2. The molecule has 3 rings (SSSR count). The number of hydrogen-bond donors (Lipinski definition) is 2. The molecule has 130 valence electrons. The minimum Gasteiger partial charge on any atom is -0.352 e. The highest BCUT2D eigenvalue weighted by Gasteiger charge is 2.36. The normalized spacial score (nSPS) is 21.5. The quantitative estimate of drug-likeness (QED) is 0.892. The van der Waals surface area contributed by atoms with Crippen LogP contribution in [-0.2, 0) is 4.79 Å². The Bertz CT molecular complexity index is 639. The van der Waals surface area contributed by atoms with Gasteiger partial charge in [-0.1, -0.05) is 18.2 Å². The fourth-order valence-electron chi connectivity index (χ4n) is 3.40. The third-order valence-corrected chi connectivity index (χ3v) is 5.19. The van der Waals surface area contributed by atoms with Crippen LogP contribution in [0, 0.1) is 13.8 Å². The van der Waals surface area contributed by atoms with Crippen LogP contribution >= 0.6 is 0 Å². The number of aryl methyl sites for hydroxylation is 1. The summed E-state index contributed by atoms with van der Waals surface area (Å²) >= 11 is 0. The molecule has 5 nitrogen and oxygen atoms in total. The summed E-state index contributed by atoms with van der Waals surface area (Å²) in [5.41, 5.74) is 3.55. The lowest BCUT2D eigenvalue weighted by molar-refractivity contribution is -0.124. The van der Waals surface area contributed by atoms with Crippen molar-refractivity contribution in [2.75, 3.05) is 6.54 Å². The van der Waals surface area contributed by atoms with Gasteiger partial charge in [-0.3, -0.25) is 4.79 Å². The second kappa shape index (κ2) is 6.83. The third-order valence-electron chi connectivity index (χ3n) is 5.19. The number of likely N-dealkylation sites (tertiary alicyclic amines) is 1. The molecule has 0 radical (unpaired) electrons. The van der Waals surface area contributed by atoms with Crippen molar-refractivity contribution in [3.8, 4) is 0 Å². The van der Waals surface area contributed by atoms with Crippen LogP contribution in [0.4, 0.5) is 4.79 Å². The first-order valence-corrected chi connectivity index (χ1v) is 8.91. The van der Waals surface area contributed by atoms with Crippen LogP contribution in [0.15, 0.2) is 18.2 Å². The molecule has 0 bridgehead atoms. The third kappa shape index (κ3) is 3.55. The first kappa shape index (κ1) is 16.8. The maximum Gasteiger partial charge on any atom is 0.318 e. The van der Waals surface area contributed by atoms with Gasteiger partial charge in [0.05, 0.1) is 6.04 Å². The SMILES string of the molecule is Cc1cccc(C(C)NC(=O)N2CCCC2C(=O)NC2CC2)c1C. The highest BCUT2D eigenvalue weighted by molar-refractivity contribution is 5.88. The number of carbonyl (C=O) groups is 2. The summed E-state index contributed by atoms with van der Waals surface area (Å²) in [6.07, 6.45) is 3.76. The van der Waals surface area contributed by atoms with Crippen LogP contribution in [0.5, 0.6) is 0 Å². The molecule has 1 saturated heterocycles. The molecule has 0 aromatic heterocycles. The number of nitrogens with one attached hydrogen (secondary N) is 2. The summed E-state index contributed by atoms with van der Waals surface area (Å²) < 4.78 is 0. The maximum absolute atomic E-state index is 12.7. The van der Waals surface area contributed by atoms with E-state index in [1.807, 2.05) is 13.0 Å². The molecule has 1 aromatic carbocycles. The lowest BCUT2D eigenvalue weighted by Gasteiger charge is -2.27. The Balaban J connectivity index is 1.64. The minimum atomic E-state index is -0.323. The number of hydrogen-bond acceptors (Lipinski definition) is 2. The lowest BCUT2D eigenvalue weighted by Crippen LogP contribution is -2.50. The number of carbonyl (C=O) groups excluding carboxylic acids is 2. The molecule has 2 N–H and O–H groups in total. The minimum absolute atomic E-state index is 0.00420. The van der Waals surface area contributed by atoms with Crippen molar-refractivity contribution in [3.63, 3.8) is 0 Å². The van der Waals surface area contributed by atoms with Gasteiger partial charge in [-0.25, -0.2) is 4.79 Å². The van der Waals surface area contributed by atoms with Crippen molar-refractivity contribution < 1.29 is 9.59 Å². The van der Waals surface area contributed by atoms with Crippen molar-refractivity contribution in [2.45, 2.75) is 64.6 Å². The van der Waals surface area contributed by atoms with E-state index in [0.29, 0.717) is 12.6 Å². The molecule has 24 heavy (non-hydrogen) atoms. The standard InChI is InChI=1S/C19H27N3O2/c1-12-6-4-7-16(13(12)2)14(3)20-19(24)22-11-5-8-17(22)18(23)21-15-9-10-15/h4,6-7,14-15,17H,5,8-11H2,1-3H3,(H,20,24)(H,21,23). The zero-order chi connectivity index (χ0) is 17.3. The van der Waals surface area contributed by atoms with Gasteiger partial charge in [0.25, 0.3) is 0 Å². The number of nitrogens with zero attached hydrogens (tertiary/aromatic N) is 1. The molecular weight excluding hydrogens is 302 g/mol. The van der Waals surface area contributed by atoms with Gasteiger partial charge in [-0.15, -0.1) is 0 Å². The highest BCUT2D eigenvalue weighted by atomic mass is 16.2. The van der Waals surface area contributed by atoms with Crippen molar-refractivity contribution in [1.82, 2.24) is 15.5 Å². The Morgan fingerprint density at radius 2 is 1.96 bits per heavy atom. The fourth-order valence-corrected chi connectivity index (χ4v) is 3.40. The first-order chi connectivity index (χ1) is 11.5. The van der Waals surface area contributed by atoms with E-state index < -0.39 is 0 Å². The topological polar surface area (TPSA) is 61.4 Å². The van der Waals surface area contributed by atoms with Gasteiger partial charge in [0.1, 0.15) is 6.04 Å². The van der Waals surface area contributed by atoms with Crippen LogP contribution in [-0.4, -0.2) is 35.5 Å². The highest BCUT2D eigenvalue weighted by Crippen LogP contribution is 2.24.